The van der Waals surface area contributed by atoms with E-state index < -0.39 is 0 Å². The predicted octanol–water partition coefficient (Wildman–Crippen LogP) is 2.72. The number of aryl methyl sites for hydroxylation is 2. The van der Waals surface area contributed by atoms with Gasteiger partial charge in [0.2, 0.25) is 0 Å². The molecule has 3 aromatic rings. The number of fused-ring (bicyclic) bond motifs is 1. The van der Waals surface area contributed by atoms with E-state index in [0.29, 0.717) is 5.78 Å². The summed E-state index contributed by atoms with van der Waals surface area (Å²) in [4.78, 5) is 13.4. The van der Waals surface area contributed by atoms with Gasteiger partial charge in [0.15, 0.2) is 0 Å². The van der Waals surface area contributed by atoms with Crippen LogP contribution in [0.2, 0.25) is 5.02 Å². The Balaban J connectivity index is 1.57. The van der Waals surface area contributed by atoms with Crippen LogP contribution in [0.15, 0.2) is 30.6 Å². The third kappa shape index (κ3) is 2.67. The molecule has 2 aromatic heterocycles. The van der Waals surface area contributed by atoms with Gasteiger partial charge in [0, 0.05) is 48.6 Å². The van der Waals surface area contributed by atoms with Crippen molar-refractivity contribution in [1.29, 1.82) is 0 Å². The Morgan fingerprint density at radius 1 is 1.00 bits per heavy atom. The number of nitrogens with zero attached hydrogens (tertiary/aromatic N) is 6. The molecule has 6 nitrogen and oxygen atoms in total. The Hall–Kier alpha value is -2.34. The Labute approximate surface area is 145 Å². The van der Waals surface area contributed by atoms with E-state index in [0.717, 1.165) is 42.7 Å². The molecule has 3 heterocycles. The van der Waals surface area contributed by atoms with Crippen LogP contribution in [0.25, 0.3) is 5.78 Å². The van der Waals surface area contributed by atoms with Crippen LogP contribution in [0.4, 0.5) is 11.5 Å². The van der Waals surface area contributed by atoms with Gasteiger partial charge in [-0.1, -0.05) is 17.7 Å². The normalized spacial score (nSPS) is 15.3. The number of aromatic nitrogens is 4. The minimum atomic E-state index is 0.651. The van der Waals surface area contributed by atoms with Crippen LogP contribution >= 0.6 is 11.6 Å². The molecule has 1 fully saturated rings. The molecule has 124 valence electrons. The fourth-order valence-electron chi connectivity index (χ4n) is 3.24. The lowest BCUT2D eigenvalue weighted by Gasteiger charge is -2.37. The monoisotopic (exact) mass is 342 g/mol. The maximum atomic E-state index is 6.17. The minimum absolute atomic E-state index is 0.651. The molecule has 1 saturated heterocycles. The molecule has 0 amide bonds. The highest BCUT2D eigenvalue weighted by molar-refractivity contribution is 6.30. The van der Waals surface area contributed by atoms with Gasteiger partial charge in [-0.15, -0.1) is 0 Å². The van der Waals surface area contributed by atoms with E-state index in [9.17, 15) is 0 Å². The first kappa shape index (κ1) is 15.2. The summed E-state index contributed by atoms with van der Waals surface area (Å²) in [5.74, 6) is 1.70. The third-order valence-corrected chi connectivity index (χ3v) is 4.71. The second-order valence-electron chi connectivity index (χ2n) is 6.13. The van der Waals surface area contributed by atoms with Crippen molar-refractivity contribution in [3.05, 3.63) is 46.9 Å². The van der Waals surface area contributed by atoms with Crippen LogP contribution in [-0.4, -0.2) is 45.8 Å². The standard InChI is InChI=1S/C17H19ClN6/c1-12-3-4-14(18)10-15(12)22-5-7-23(8-6-22)16-9-13(2)21-17-19-11-20-24(16)17/h3-4,9-11H,5-8H2,1-2H3. The van der Waals surface area contributed by atoms with E-state index in [-0.39, 0.29) is 0 Å². The van der Waals surface area contributed by atoms with Crippen molar-refractivity contribution in [2.24, 2.45) is 0 Å². The highest BCUT2D eigenvalue weighted by Crippen LogP contribution is 2.26. The SMILES string of the molecule is Cc1cc(N2CCN(c3cc(Cl)ccc3C)CC2)n2ncnc2n1. The van der Waals surface area contributed by atoms with Crippen molar-refractivity contribution >= 4 is 28.9 Å². The summed E-state index contributed by atoms with van der Waals surface area (Å²) in [5, 5.41) is 5.09. The zero-order valence-electron chi connectivity index (χ0n) is 13.8. The lowest BCUT2D eigenvalue weighted by molar-refractivity contribution is 0.637. The van der Waals surface area contributed by atoms with Crippen LogP contribution in [0.5, 0.6) is 0 Å². The number of anilines is 2. The molecule has 7 heteroatoms. The van der Waals surface area contributed by atoms with Crippen molar-refractivity contribution in [2.45, 2.75) is 13.8 Å². The van der Waals surface area contributed by atoms with E-state index in [2.05, 4.69) is 50.0 Å². The molecule has 1 aliphatic rings. The first-order chi connectivity index (χ1) is 11.6. The Morgan fingerprint density at radius 3 is 2.54 bits per heavy atom. The molecule has 0 radical (unpaired) electrons. The lowest BCUT2D eigenvalue weighted by atomic mass is 10.1. The molecule has 0 saturated carbocycles. The van der Waals surface area contributed by atoms with Crippen LogP contribution in [0.1, 0.15) is 11.3 Å². The predicted molar refractivity (Wildman–Crippen MR) is 96.1 cm³/mol. The first-order valence-corrected chi connectivity index (χ1v) is 8.43. The van der Waals surface area contributed by atoms with Gasteiger partial charge >= 0.3 is 0 Å². The van der Waals surface area contributed by atoms with Crippen LogP contribution in [-0.2, 0) is 0 Å². The van der Waals surface area contributed by atoms with E-state index in [1.54, 1.807) is 6.33 Å². The fraction of sp³-hybridized carbons (Fsp3) is 0.353. The van der Waals surface area contributed by atoms with Gasteiger partial charge in [-0.25, -0.2) is 4.98 Å². The average molecular weight is 343 g/mol. The van der Waals surface area contributed by atoms with Crippen molar-refractivity contribution in [2.75, 3.05) is 36.0 Å². The summed E-state index contributed by atoms with van der Waals surface area (Å²) >= 11 is 6.17. The molecule has 0 N–H and O–H groups in total. The molecule has 0 spiro atoms. The summed E-state index contributed by atoms with van der Waals surface area (Å²) in [6.07, 6.45) is 1.55. The molecular formula is C17H19ClN6. The summed E-state index contributed by atoms with van der Waals surface area (Å²) in [7, 11) is 0. The molecule has 0 unspecified atom stereocenters. The molecule has 0 atom stereocenters. The molecule has 24 heavy (non-hydrogen) atoms. The Bertz CT molecular complexity index is 882. The number of piperazine rings is 1. The third-order valence-electron chi connectivity index (χ3n) is 4.48. The average Bonchev–Trinajstić information content (AvgIpc) is 3.05. The maximum Gasteiger partial charge on any atom is 0.254 e. The topological polar surface area (TPSA) is 49.6 Å². The Morgan fingerprint density at radius 2 is 1.75 bits per heavy atom. The summed E-state index contributed by atoms with van der Waals surface area (Å²) in [6.45, 7) is 7.85. The second kappa shape index (κ2) is 5.94. The van der Waals surface area contributed by atoms with Crippen LogP contribution < -0.4 is 9.80 Å². The van der Waals surface area contributed by atoms with Gasteiger partial charge in [-0.3, -0.25) is 0 Å². The number of hydrogen-bond donors (Lipinski definition) is 0. The molecule has 4 rings (SSSR count). The zero-order valence-corrected chi connectivity index (χ0v) is 14.5. The summed E-state index contributed by atoms with van der Waals surface area (Å²) < 4.78 is 1.81. The van der Waals surface area contributed by atoms with Crippen molar-refractivity contribution in [3.63, 3.8) is 0 Å². The lowest BCUT2D eigenvalue weighted by Crippen LogP contribution is -2.47. The van der Waals surface area contributed by atoms with Crippen LogP contribution in [0, 0.1) is 13.8 Å². The number of halogens is 1. The minimum Gasteiger partial charge on any atom is -0.368 e. The Kier molecular flexibility index (Phi) is 3.76. The van der Waals surface area contributed by atoms with Gasteiger partial charge in [0.25, 0.3) is 5.78 Å². The molecule has 0 aliphatic carbocycles. The van der Waals surface area contributed by atoms with E-state index in [4.69, 9.17) is 11.6 Å². The smallest absolute Gasteiger partial charge is 0.254 e. The van der Waals surface area contributed by atoms with Crippen molar-refractivity contribution in [3.8, 4) is 0 Å². The van der Waals surface area contributed by atoms with E-state index in [1.807, 2.05) is 17.5 Å². The van der Waals surface area contributed by atoms with Gasteiger partial charge in [-0.05, 0) is 31.5 Å². The highest BCUT2D eigenvalue weighted by atomic mass is 35.5. The molecular weight excluding hydrogens is 324 g/mol. The van der Waals surface area contributed by atoms with Gasteiger partial charge in [-0.2, -0.15) is 14.6 Å². The van der Waals surface area contributed by atoms with E-state index >= 15 is 0 Å². The zero-order chi connectivity index (χ0) is 16.7. The summed E-state index contributed by atoms with van der Waals surface area (Å²) in [5.41, 5.74) is 3.43. The van der Waals surface area contributed by atoms with Gasteiger partial charge < -0.3 is 9.80 Å². The number of rotatable bonds is 2. The summed E-state index contributed by atoms with van der Waals surface area (Å²) in [6, 6.07) is 8.15. The highest BCUT2D eigenvalue weighted by Gasteiger charge is 2.21. The van der Waals surface area contributed by atoms with Gasteiger partial charge in [0.1, 0.15) is 12.1 Å². The maximum absolute atomic E-state index is 6.17. The number of hydrogen-bond acceptors (Lipinski definition) is 5. The van der Waals surface area contributed by atoms with E-state index in [1.165, 1.54) is 11.3 Å². The molecule has 1 aliphatic heterocycles. The molecule has 0 bridgehead atoms. The van der Waals surface area contributed by atoms with Crippen LogP contribution in [0.3, 0.4) is 0 Å². The van der Waals surface area contributed by atoms with Crippen molar-refractivity contribution < 1.29 is 0 Å². The second-order valence-corrected chi connectivity index (χ2v) is 6.57. The fourth-order valence-corrected chi connectivity index (χ4v) is 3.40. The number of benzene rings is 1. The first-order valence-electron chi connectivity index (χ1n) is 8.05. The van der Waals surface area contributed by atoms with Gasteiger partial charge in [0.05, 0.1) is 0 Å². The molecule has 1 aromatic carbocycles. The quantitative estimate of drug-likeness (QED) is 0.716. The van der Waals surface area contributed by atoms with Crippen molar-refractivity contribution in [1.82, 2.24) is 19.6 Å². The largest absolute Gasteiger partial charge is 0.368 e.